The summed E-state index contributed by atoms with van der Waals surface area (Å²) in [5, 5.41) is 3.53. The van der Waals surface area contributed by atoms with Gasteiger partial charge in [0.25, 0.3) is 0 Å². The summed E-state index contributed by atoms with van der Waals surface area (Å²) in [6.45, 7) is 7.25. The normalized spacial score (nSPS) is 23.8. The van der Waals surface area contributed by atoms with Gasteiger partial charge in [0.05, 0.1) is 7.11 Å². The minimum atomic E-state index is -0.278. The number of nitrogens with one attached hydrogen (secondary N) is 1. The highest BCUT2D eigenvalue weighted by atomic mass is 19.1. The van der Waals surface area contributed by atoms with E-state index in [0.717, 1.165) is 25.2 Å². The van der Waals surface area contributed by atoms with E-state index in [2.05, 4.69) is 24.1 Å². The van der Waals surface area contributed by atoms with Crippen LogP contribution in [0.2, 0.25) is 0 Å². The fraction of sp³-hybridized carbons (Fsp3) is 0.625. The first kappa shape index (κ1) is 15.3. The van der Waals surface area contributed by atoms with Gasteiger partial charge in [0.2, 0.25) is 0 Å². The predicted molar refractivity (Wildman–Crippen MR) is 79.5 cm³/mol. The molecule has 1 aromatic carbocycles. The second-order valence-corrected chi connectivity index (χ2v) is 5.65. The molecule has 20 heavy (non-hydrogen) atoms. The third kappa shape index (κ3) is 3.70. The van der Waals surface area contributed by atoms with Crippen molar-refractivity contribution < 1.29 is 9.13 Å². The van der Waals surface area contributed by atoms with Crippen LogP contribution >= 0.6 is 0 Å². The third-order valence-electron chi connectivity index (χ3n) is 3.95. The van der Waals surface area contributed by atoms with Crippen molar-refractivity contribution in [2.24, 2.45) is 0 Å². The molecule has 3 nitrogen and oxygen atoms in total. The van der Waals surface area contributed by atoms with Crippen LogP contribution in [0.4, 0.5) is 4.39 Å². The van der Waals surface area contributed by atoms with Gasteiger partial charge in [-0.25, -0.2) is 4.39 Å². The van der Waals surface area contributed by atoms with Gasteiger partial charge in [-0.3, -0.25) is 4.90 Å². The lowest BCUT2D eigenvalue weighted by atomic mass is 10.0. The first-order chi connectivity index (χ1) is 9.63. The summed E-state index contributed by atoms with van der Waals surface area (Å²) < 4.78 is 18.7. The maximum atomic E-state index is 13.8. The van der Waals surface area contributed by atoms with Crippen LogP contribution in [0.5, 0.6) is 5.75 Å². The number of halogens is 1. The van der Waals surface area contributed by atoms with Crippen LogP contribution in [0.1, 0.15) is 32.3 Å². The Labute approximate surface area is 121 Å². The zero-order valence-corrected chi connectivity index (χ0v) is 12.7. The largest absolute Gasteiger partial charge is 0.494 e. The van der Waals surface area contributed by atoms with Gasteiger partial charge in [-0.1, -0.05) is 19.4 Å². The minimum Gasteiger partial charge on any atom is -0.494 e. The number of piperazine rings is 1. The van der Waals surface area contributed by atoms with E-state index in [-0.39, 0.29) is 5.82 Å². The molecule has 1 fully saturated rings. The van der Waals surface area contributed by atoms with E-state index in [1.807, 2.05) is 6.07 Å². The zero-order valence-electron chi connectivity index (χ0n) is 12.7. The van der Waals surface area contributed by atoms with Crippen molar-refractivity contribution >= 4 is 0 Å². The predicted octanol–water partition coefficient (Wildman–Crippen LogP) is 2.80. The fourth-order valence-corrected chi connectivity index (χ4v) is 2.89. The van der Waals surface area contributed by atoms with E-state index < -0.39 is 0 Å². The molecule has 0 aromatic heterocycles. The molecular formula is C16H25FN2O. The maximum absolute atomic E-state index is 13.8. The van der Waals surface area contributed by atoms with Crippen molar-refractivity contribution in [2.75, 3.05) is 20.2 Å². The van der Waals surface area contributed by atoms with Gasteiger partial charge in [0.15, 0.2) is 11.6 Å². The minimum absolute atomic E-state index is 0.278. The van der Waals surface area contributed by atoms with Crippen molar-refractivity contribution in [3.05, 3.63) is 29.6 Å². The third-order valence-corrected chi connectivity index (χ3v) is 3.95. The lowest BCUT2D eigenvalue weighted by Gasteiger charge is -2.39. The summed E-state index contributed by atoms with van der Waals surface area (Å²) in [7, 11) is 1.49. The van der Waals surface area contributed by atoms with Crippen LogP contribution < -0.4 is 10.1 Å². The molecule has 0 saturated carbocycles. The number of hydrogen-bond acceptors (Lipinski definition) is 3. The van der Waals surface area contributed by atoms with Crippen molar-refractivity contribution in [3.63, 3.8) is 0 Å². The first-order valence-corrected chi connectivity index (χ1v) is 7.44. The summed E-state index contributed by atoms with van der Waals surface area (Å²) in [6, 6.07) is 6.30. The Hall–Kier alpha value is -1.13. The van der Waals surface area contributed by atoms with Crippen LogP contribution in [0.15, 0.2) is 18.2 Å². The van der Waals surface area contributed by atoms with E-state index in [1.165, 1.54) is 20.0 Å². The van der Waals surface area contributed by atoms with Crippen LogP contribution in [-0.4, -0.2) is 37.2 Å². The van der Waals surface area contributed by atoms with E-state index in [1.54, 1.807) is 12.1 Å². The number of benzene rings is 1. The van der Waals surface area contributed by atoms with Crippen molar-refractivity contribution in [1.82, 2.24) is 10.2 Å². The topological polar surface area (TPSA) is 24.5 Å². The molecule has 1 heterocycles. The molecule has 1 saturated heterocycles. The van der Waals surface area contributed by atoms with Crippen molar-refractivity contribution in [1.29, 1.82) is 0 Å². The highest BCUT2D eigenvalue weighted by Crippen LogP contribution is 2.21. The highest BCUT2D eigenvalue weighted by molar-refractivity contribution is 5.29. The lowest BCUT2D eigenvalue weighted by Crippen LogP contribution is -2.54. The molecule has 2 rings (SSSR count). The van der Waals surface area contributed by atoms with Gasteiger partial charge in [-0.2, -0.15) is 0 Å². The summed E-state index contributed by atoms with van der Waals surface area (Å²) in [6.07, 6.45) is 2.35. The summed E-state index contributed by atoms with van der Waals surface area (Å²) in [5.74, 6) is 0.0350. The molecule has 2 unspecified atom stereocenters. The van der Waals surface area contributed by atoms with Gasteiger partial charge >= 0.3 is 0 Å². The van der Waals surface area contributed by atoms with Crippen LogP contribution in [-0.2, 0) is 6.54 Å². The van der Waals surface area contributed by atoms with Gasteiger partial charge in [-0.15, -0.1) is 0 Å². The standard InChI is InChI=1S/C16H25FN2O/c1-4-5-14-9-18-12(2)10-19(14)11-13-6-7-16(20-3)15(17)8-13/h6-8,12,14,18H,4-5,9-11H2,1-3H3. The molecule has 0 bridgehead atoms. The Balaban J connectivity index is 2.07. The average Bonchev–Trinajstić information content (AvgIpc) is 2.42. The van der Waals surface area contributed by atoms with E-state index >= 15 is 0 Å². The summed E-state index contributed by atoms with van der Waals surface area (Å²) >= 11 is 0. The number of ether oxygens (including phenoxy) is 1. The summed E-state index contributed by atoms with van der Waals surface area (Å²) in [5.41, 5.74) is 1.01. The molecule has 1 aliphatic heterocycles. The first-order valence-electron chi connectivity index (χ1n) is 7.44. The number of nitrogens with zero attached hydrogens (tertiary/aromatic N) is 1. The van der Waals surface area contributed by atoms with Crippen LogP contribution in [0, 0.1) is 5.82 Å². The quantitative estimate of drug-likeness (QED) is 0.897. The smallest absolute Gasteiger partial charge is 0.165 e. The Morgan fingerprint density at radius 2 is 2.25 bits per heavy atom. The molecule has 0 spiro atoms. The molecular weight excluding hydrogens is 255 g/mol. The Morgan fingerprint density at radius 1 is 1.45 bits per heavy atom. The Kier molecular flexibility index (Phi) is 5.38. The molecule has 2 atom stereocenters. The van der Waals surface area contributed by atoms with Gasteiger partial charge in [0, 0.05) is 31.7 Å². The lowest BCUT2D eigenvalue weighted by molar-refractivity contribution is 0.120. The molecule has 4 heteroatoms. The van der Waals surface area contributed by atoms with Gasteiger partial charge in [-0.05, 0) is 31.0 Å². The average molecular weight is 280 g/mol. The van der Waals surface area contributed by atoms with Gasteiger partial charge in [0.1, 0.15) is 0 Å². The zero-order chi connectivity index (χ0) is 14.5. The number of methoxy groups -OCH3 is 1. The van der Waals surface area contributed by atoms with E-state index in [0.29, 0.717) is 17.8 Å². The molecule has 112 valence electrons. The molecule has 1 aromatic rings. The van der Waals surface area contributed by atoms with Crippen molar-refractivity contribution in [2.45, 2.75) is 45.3 Å². The highest BCUT2D eigenvalue weighted by Gasteiger charge is 2.25. The number of rotatable bonds is 5. The van der Waals surface area contributed by atoms with E-state index in [9.17, 15) is 4.39 Å². The number of hydrogen-bond donors (Lipinski definition) is 1. The molecule has 1 aliphatic rings. The molecule has 0 aliphatic carbocycles. The maximum Gasteiger partial charge on any atom is 0.165 e. The SMILES string of the molecule is CCCC1CNC(C)CN1Cc1ccc(OC)c(F)c1. The molecule has 0 amide bonds. The molecule has 1 N–H and O–H groups in total. The van der Waals surface area contributed by atoms with E-state index in [4.69, 9.17) is 4.74 Å². The monoisotopic (exact) mass is 280 g/mol. The Bertz CT molecular complexity index is 438. The fourth-order valence-electron chi connectivity index (χ4n) is 2.89. The van der Waals surface area contributed by atoms with Crippen LogP contribution in [0.25, 0.3) is 0 Å². The summed E-state index contributed by atoms with van der Waals surface area (Å²) in [4.78, 5) is 2.46. The molecule has 0 radical (unpaired) electrons. The second-order valence-electron chi connectivity index (χ2n) is 5.65. The second kappa shape index (κ2) is 7.04. The Morgan fingerprint density at radius 3 is 2.90 bits per heavy atom. The van der Waals surface area contributed by atoms with Gasteiger partial charge < -0.3 is 10.1 Å². The van der Waals surface area contributed by atoms with Crippen LogP contribution in [0.3, 0.4) is 0 Å². The van der Waals surface area contributed by atoms with Crippen molar-refractivity contribution in [3.8, 4) is 5.75 Å².